The van der Waals surface area contributed by atoms with Crippen LogP contribution in [-0.4, -0.2) is 57.9 Å². The summed E-state index contributed by atoms with van der Waals surface area (Å²) in [5.74, 6) is -2.49. The summed E-state index contributed by atoms with van der Waals surface area (Å²) in [5.41, 5.74) is -0.588. The zero-order valence-electron chi connectivity index (χ0n) is 22.5. The number of nitrogens with one attached hydrogen (secondary N) is 1. The highest BCUT2D eigenvalue weighted by Crippen LogP contribution is 2.45. The molecule has 0 amide bonds. The van der Waals surface area contributed by atoms with Gasteiger partial charge in [0, 0.05) is 43.4 Å². The molecule has 1 N–H and O–H groups in total. The van der Waals surface area contributed by atoms with Crippen LogP contribution in [-0.2, 0) is 0 Å². The molecule has 2 bridgehead atoms. The second-order valence-corrected chi connectivity index (χ2v) is 10.8. The number of aromatic nitrogens is 4. The number of halogens is 3. The third-order valence-corrected chi connectivity index (χ3v) is 7.82. The molecule has 1 aromatic carbocycles. The Morgan fingerprint density at radius 2 is 1.78 bits per heavy atom. The summed E-state index contributed by atoms with van der Waals surface area (Å²) < 4.78 is 59.2. The standard InChI is InChI=1S/C29H27F3N6O3/c1-14-13-37(15(2)12-34-14)27-17-11-20(32)24-22-18(30)5-6-19(31)26(22)41-10-9-40-21-7-8-33-23(16-3-4-16)25(21)38(28(17)35-24)29(39)36-27/h5-8,11,14-16,34H,3-4,9-10,12-13H2,1-2H3/t14-,15+/m1/s1. The van der Waals surface area contributed by atoms with Crippen LogP contribution in [0.1, 0.15) is 38.3 Å². The molecule has 0 spiro atoms. The molecule has 7 rings (SSSR count). The molecule has 12 heteroatoms. The van der Waals surface area contributed by atoms with Gasteiger partial charge in [-0.05, 0) is 44.9 Å². The number of anilines is 1. The molecular weight excluding hydrogens is 537 g/mol. The molecule has 1 aliphatic carbocycles. The number of benzene rings is 1. The van der Waals surface area contributed by atoms with Crippen molar-refractivity contribution < 1.29 is 22.6 Å². The fraction of sp³-hybridized carbons (Fsp3) is 0.379. The zero-order chi connectivity index (χ0) is 28.4. The van der Waals surface area contributed by atoms with Crippen LogP contribution < -0.4 is 25.4 Å². The van der Waals surface area contributed by atoms with Crippen molar-refractivity contribution in [2.75, 3.05) is 31.2 Å². The Morgan fingerprint density at radius 3 is 2.59 bits per heavy atom. The molecule has 2 fully saturated rings. The number of nitrogens with zero attached hydrogens (tertiary/aromatic N) is 5. The normalized spacial score (nSPS) is 20.5. The monoisotopic (exact) mass is 564 g/mol. The third kappa shape index (κ3) is 4.28. The van der Waals surface area contributed by atoms with Crippen molar-refractivity contribution in [2.45, 2.75) is 44.7 Å². The Bertz CT molecular complexity index is 1760. The molecule has 2 aliphatic heterocycles. The van der Waals surface area contributed by atoms with E-state index >= 15 is 8.78 Å². The second kappa shape index (κ2) is 9.72. The summed E-state index contributed by atoms with van der Waals surface area (Å²) in [4.78, 5) is 29.5. The molecule has 0 radical (unpaired) electrons. The van der Waals surface area contributed by atoms with E-state index in [1.807, 2.05) is 18.7 Å². The number of pyridine rings is 2. The minimum atomic E-state index is -0.918. The van der Waals surface area contributed by atoms with Crippen molar-refractivity contribution in [1.82, 2.24) is 24.8 Å². The zero-order valence-corrected chi connectivity index (χ0v) is 22.5. The summed E-state index contributed by atoms with van der Waals surface area (Å²) in [5, 5.41) is 3.64. The van der Waals surface area contributed by atoms with E-state index in [9.17, 15) is 9.18 Å². The Labute approximate surface area is 233 Å². The van der Waals surface area contributed by atoms with Crippen LogP contribution in [0, 0.1) is 17.5 Å². The largest absolute Gasteiger partial charge is 0.488 e. The van der Waals surface area contributed by atoms with Gasteiger partial charge in [0.2, 0.25) is 0 Å². The Balaban J connectivity index is 1.61. The van der Waals surface area contributed by atoms with Crippen molar-refractivity contribution in [3.63, 3.8) is 0 Å². The van der Waals surface area contributed by atoms with Crippen LogP contribution in [0.2, 0.25) is 0 Å². The van der Waals surface area contributed by atoms with Crippen LogP contribution in [0.15, 0.2) is 35.3 Å². The number of ether oxygens (including phenoxy) is 2. The first-order valence-electron chi connectivity index (χ1n) is 13.7. The van der Waals surface area contributed by atoms with Crippen molar-refractivity contribution >= 4 is 16.9 Å². The maximum absolute atomic E-state index is 16.0. The first kappa shape index (κ1) is 25.8. The van der Waals surface area contributed by atoms with E-state index in [1.54, 1.807) is 12.3 Å². The number of piperazine rings is 1. The van der Waals surface area contributed by atoms with Crippen molar-refractivity contribution in [2.24, 2.45) is 0 Å². The van der Waals surface area contributed by atoms with Gasteiger partial charge in [0.05, 0.1) is 16.6 Å². The third-order valence-electron chi connectivity index (χ3n) is 7.82. The number of hydrogen-bond acceptors (Lipinski definition) is 8. The van der Waals surface area contributed by atoms with Crippen molar-refractivity contribution in [3.8, 4) is 28.4 Å². The molecule has 0 unspecified atom stereocenters. The van der Waals surface area contributed by atoms with Gasteiger partial charge < -0.3 is 19.7 Å². The molecule has 41 heavy (non-hydrogen) atoms. The molecule has 2 atom stereocenters. The summed E-state index contributed by atoms with van der Waals surface area (Å²) in [6, 6.07) is 4.63. The maximum Gasteiger partial charge on any atom is 0.356 e. The van der Waals surface area contributed by atoms with E-state index in [-0.39, 0.29) is 48.1 Å². The summed E-state index contributed by atoms with van der Waals surface area (Å²) in [6.45, 7) is 4.90. The molecule has 9 nitrogen and oxygen atoms in total. The van der Waals surface area contributed by atoms with Crippen LogP contribution in [0.5, 0.6) is 11.5 Å². The highest BCUT2D eigenvalue weighted by atomic mass is 19.1. The summed E-state index contributed by atoms with van der Waals surface area (Å²) in [6.07, 6.45) is 3.36. The number of rotatable bonds is 2. The molecule has 212 valence electrons. The van der Waals surface area contributed by atoms with Gasteiger partial charge in [-0.1, -0.05) is 0 Å². The first-order valence-corrected chi connectivity index (χ1v) is 13.7. The van der Waals surface area contributed by atoms with Crippen LogP contribution >= 0.6 is 0 Å². The number of fused-ring (bicyclic) bond motifs is 5. The highest BCUT2D eigenvalue weighted by Gasteiger charge is 2.34. The van der Waals surface area contributed by atoms with Crippen LogP contribution in [0.3, 0.4) is 0 Å². The van der Waals surface area contributed by atoms with E-state index in [4.69, 9.17) is 9.47 Å². The molecule has 3 aromatic heterocycles. The maximum atomic E-state index is 16.0. The summed E-state index contributed by atoms with van der Waals surface area (Å²) in [7, 11) is 0. The van der Waals surface area contributed by atoms with E-state index < -0.39 is 40.1 Å². The Morgan fingerprint density at radius 1 is 1.00 bits per heavy atom. The fourth-order valence-corrected chi connectivity index (χ4v) is 5.66. The van der Waals surface area contributed by atoms with Gasteiger partial charge in [-0.15, -0.1) is 0 Å². The lowest BCUT2D eigenvalue weighted by Crippen LogP contribution is -2.55. The smallest absolute Gasteiger partial charge is 0.356 e. The first-order chi connectivity index (χ1) is 19.8. The minimum absolute atomic E-state index is 0.0321. The lowest BCUT2D eigenvalue weighted by Gasteiger charge is -2.38. The van der Waals surface area contributed by atoms with Gasteiger partial charge >= 0.3 is 5.69 Å². The molecule has 1 saturated carbocycles. The fourth-order valence-electron chi connectivity index (χ4n) is 5.66. The highest BCUT2D eigenvalue weighted by molar-refractivity contribution is 5.91. The van der Waals surface area contributed by atoms with E-state index in [0.717, 1.165) is 25.0 Å². The lowest BCUT2D eigenvalue weighted by molar-refractivity contribution is 0.211. The predicted molar refractivity (Wildman–Crippen MR) is 145 cm³/mol. The molecule has 3 aliphatic rings. The van der Waals surface area contributed by atoms with Gasteiger partial charge in [-0.3, -0.25) is 4.98 Å². The van der Waals surface area contributed by atoms with Gasteiger partial charge in [-0.25, -0.2) is 27.5 Å². The molecular formula is C29H27F3N6O3. The average molecular weight is 565 g/mol. The molecule has 4 aromatic rings. The predicted octanol–water partition coefficient (Wildman–Crippen LogP) is 4.10. The lowest BCUT2D eigenvalue weighted by atomic mass is 10.1. The molecule has 5 heterocycles. The van der Waals surface area contributed by atoms with Gasteiger partial charge in [0.25, 0.3) is 0 Å². The van der Waals surface area contributed by atoms with Crippen molar-refractivity contribution in [1.29, 1.82) is 0 Å². The van der Waals surface area contributed by atoms with E-state index in [0.29, 0.717) is 30.2 Å². The van der Waals surface area contributed by atoms with E-state index in [2.05, 4.69) is 20.3 Å². The Hall–Kier alpha value is -4.19. The topological polar surface area (TPSA) is 94.4 Å². The van der Waals surface area contributed by atoms with E-state index in [1.165, 1.54) is 10.6 Å². The minimum Gasteiger partial charge on any atom is -0.488 e. The van der Waals surface area contributed by atoms with Crippen LogP contribution in [0.4, 0.5) is 19.0 Å². The number of hydrogen-bond donors (Lipinski definition) is 1. The van der Waals surface area contributed by atoms with Gasteiger partial charge in [-0.2, -0.15) is 4.98 Å². The van der Waals surface area contributed by atoms with Crippen molar-refractivity contribution in [3.05, 3.63) is 64.1 Å². The average Bonchev–Trinajstić information content (AvgIpc) is 3.79. The quantitative estimate of drug-likeness (QED) is 0.389. The Kier molecular flexibility index (Phi) is 6.11. The summed E-state index contributed by atoms with van der Waals surface area (Å²) >= 11 is 0. The second-order valence-electron chi connectivity index (χ2n) is 10.8. The SMILES string of the molecule is C[C@@H]1CN(c2nc(=O)n3c4nc(c(F)cc24)-c2c(F)ccc(F)c2OCCOc2ccnc(C4CC4)c2-3)[C@@H](C)CN1. The molecule has 1 saturated heterocycles. The van der Waals surface area contributed by atoms with Gasteiger partial charge in [0.1, 0.15) is 42.0 Å². The van der Waals surface area contributed by atoms with Crippen LogP contribution in [0.25, 0.3) is 28.0 Å². The van der Waals surface area contributed by atoms with Gasteiger partial charge in [0.15, 0.2) is 23.0 Å².